The third-order valence-electron chi connectivity index (χ3n) is 3.56. The summed E-state index contributed by atoms with van der Waals surface area (Å²) in [4.78, 5) is 22.4. The first kappa shape index (κ1) is 20.5. The summed E-state index contributed by atoms with van der Waals surface area (Å²) in [6.45, 7) is 4.67. The molecule has 0 saturated carbocycles. The van der Waals surface area contributed by atoms with Crippen molar-refractivity contribution < 1.29 is 22.4 Å². The van der Waals surface area contributed by atoms with Gasteiger partial charge in [-0.25, -0.2) is 23.7 Å². The van der Waals surface area contributed by atoms with Crippen LogP contribution in [0, 0.1) is 6.92 Å². The SMILES string of the molecule is CCC(F)(F)c1cnc(NC(C)=O)cc1Nc1cc(C)nc(C(C)(F)F)n1. The zero-order chi connectivity index (χ0) is 20.4. The van der Waals surface area contributed by atoms with Crippen molar-refractivity contribution in [3.63, 3.8) is 0 Å². The number of amides is 1. The van der Waals surface area contributed by atoms with E-state index in [1.54, 1.807) is 0 Å². The number of nitrogens with zero attached hydrogens (tertiary/aromatic N) is 3. The molecule has 0 bridgehead atoms. The van der Waals surface area contributed by atoms with Crippen LogP contribution in [-0.4, -0.2) is 20.9 Å². The molecule has 2 aromatic rings. The molecule has 10 heteroatoms. The number of anilines is 3. The number of hydrogen-bond acceptors (Lipinski definition) is 5. The third kappa shape index (κ3) is 5.11. The monoisotopic (exact) mass is 385 g/mol. The molecular formula is C17H19F4N5O. The van der Waals surface area contributed by atoms with Gasteiger partial charge in [0.25, 0.3) is 5.92 Å². The largest absolute Gasteiger partial charge is 0.340 e. The molecule has 2 rings (SSSR count). The summed E-state index contributed by atoms with van der Waals surface area (Å²) in [6.07, 6.45) is 0.435. The molecule has 0 radical (unpaired) electrons. The van der Waals surface area contributed by atoms with Crippen molar-refractivity contribution in [2.24, 2.45) is 0 Å². The van der Waals surface area contributed by atoms with Gasteiger partial charge >= 0.3 is 5.92 Å². The van der Waals surface area contributed by atoms with Gasteiger partial charge in [-0.2, -0.15) is 8.78 Å². The number of carbonyl (C=O) groups excluding carboxylic acids is 1. The van der Waals surface area contributed by atoms with Gasteiger partial charge in [-0.05, 0) is 6.92 Å². The molecule has 0 saturated heterocycles. The fraction of sp³-hybridized carbons (Fsp3) is 0.412. The van der Waals surface area contributed by atoms with E-state index in [1.165, 1.54) is 32.9 Å². The molecule has 1 amide bonds. The molecule has 0 aliphatic heterocycles. The Kier molecular flexibility index (Phi) is 5.67. The van der Waals surface area contributed by atoms with Gasteiger partial charge in [-0.3, -0.25) is 4.79 Å². The van der Waals surface area contributed by atoms with Crippen LogP contribution < -0.4 is 10.6 Å². The lowest BCUT2D eigenvalue weighted by molar-refractivity contribution is -0.114. The molecule has 0 aliphatic carbocycles. The van der Waals surface area contributed by atoms with Gasteiger partial charge in [0.15, 0.2) is 0 Å². The van der Waals surface area contributed by atoms with Gasteiger partial charge in [-0.1, -0.05) is 6.92 Å². The Morgan fingerprint density at radius 1 is 1.15 bits per heavy atom. The summed E-state index contributed by atoms with van der Waals surface area (Å²) in [7, 11) is 0. The van der Waals surface area contributed by atoms with Crippen molar-refractivity contribution in [2.45, 2.75) is 46.0 Å². The van der Waals surface area contributed by atoms with Gasteiger partial charge in [0.05, 0.1) is 11.3 Å². The molecular weight excluding hydrogens is 366 g/mol. The first-order chi connectivity index (χ1) is 12.4. The van der Waals surface area contributed by atoms with E-state index in [1.807, 2.05) is 0 Å². The van der Waals surface area contributed by atoms with Crippen molar-refractivity contribution in [3.05, 3.63) is 35.4 Å². The van der Waals surface area contributed by atoms with Gasteiger partial charge in [0.1, 0.15) is 11.6 Å². The highest BCUT2D eigenvalue weighted by molar-refractivity contribution is 5.88. The highest BCUT2D eigenvalue weighted by Gasteiger charge is 2.33. The number of hydrogen-bond donors (Lipinski definition) is 2. The Bertz CT molecular complexity index is 852. The molecule has 0 atom stereocenters. The van der Waals surface area contributed by atoms with Crippen LogP contribution in [0.15, 0.2) is 18.3 Å². The molecule has 27 heavy (non-hydrogen) atoms. The molecule has 0 fully saturated rings. The maximum atomic E-state index is 14.3. The second kappa shape index (κ2) is 7.45. The summed E-state index contributed by atoms with van der Waals surface area (Å²) < 4.78 is 55.6. The fourth-order valence-electron chi connectivity index (χ4n) is 2.26. The van der Waals surface area contributed by atoms with Gasteiger partial charge in [0.2, 0.25) is 11.7 Å². The number of aromatic nitrogens is 3. The molecule has 0 aromatic carbocycles. The number of alkyl halides is 4. The van der Waals surface area contributed by atoms with E-state index in [4.69, 9.17) is 0 Å². The van der Waals surface area contributed by atoms with E-state index in [0.717, 1.165) is 6.20 Å². The summed E-state index contributed by atoms with van der Waals surface area (Å²) in [5, 5.41) is 5.01. The Balaban J connectivity index is 2.53. The summed E-state index contributed by atoms with van der Waals surface area (Å²) in [6, 6.07) is 2.54. The van der Waals surface area contributed by atoms with Crippen molar-refractivity contribution in [3.8, 4) is 0 Å². The topological polar surface area (TPSA) is 79.8 Å². The minimum Gasteiger partial charge on any atom is -0.340 e. The molecule has 0 spiro atoms. The smallest absolute Gasteiger partial charge is 0.303 e. The van der Waals surface area contributed by atoms with Crippen LogP contribution in [0.2, 0.25) is 0 Å². The predicted molar refractivity (Wildman–Crippen MR) is 92.3 cm³/mol. The summed E-state index contributed by atoms with van der Waals surface area (Å²) in [5.41, 5.74) is -0.312. The first-order valence-corrected chi connectivity index (χ1v) is 8.09. The number of carbonyl (C=O) groups is 1. The highest BCUT2D eigenvalue weighted by atomic mass is 19.3. The normalized spacial score (nSPS) is 12.0. The molecule has 0 unspecified atom stereocenters. The average molecular weight is 385 g/mol. The molecule has 2 N–H and O–H groups in total. The highest BCUT2D eigenvalue weighted by Crippen LogP contribution is 2.38. The van der Waals surface area contributed by atoms with Crippen molar-refractivity contribution in [1.82, 2.24) is 15.0 Å². The summed E-state index contributed by atoms with van der Waals surface area (Å²) >= 11 is 0. The third-order valence-corrected chi connectivity index (χ3v) is 3.56. The number of nitrogens with one attached hydrogen (secondary N) is 2. The predicted octanol–water partition coefficient (Wildman–Crippen LogP) is 4.50. The minimum absolute atomic E-state index is 0.0347. The molecule has 146 valence electrons. The van der Waals surface area contributed by atoms with E-state index in [9.17, 15) is 22.4 Å². The lowest BCUT2D eigenvalue weighted by Crippen LogP contribution is -2.17. The second-order valence-corrected chi connectivity index (χ2v) is 6.09. The standard InChI is InChI=1S/C17H19F4N5O/c1-5-17(20,21)11-8-22-13(24-10(3)27)7-12(11)25-14-6-9(2)23-15(26-14)16(4,18)19/h6-8H,5H2,1-4H3,(H2,22,23,24,25,26,27). The van der Waals surface area contributed by atoms with E-state index < -0.39 is 35.6 Å². The Hall–Kier alpha value is -2.78. The van der Waals surface area contributed by atoms with Crippen molar-refractivity contribution in [2.75, 3.05) is 10.6 Å². The van der Waals surface area contributed by atoms with E-state index in [0.29, 0.717) is 6.92 Å². The van der Waals surface area contributed by atoms with Gasteiger partial charge in [0, 0.05) is 44.3 Å². The first-order valence-electron chi connectivity index (χ1n) is 8.09. The van der Waals surface area contributed by atoms with E-state index in [-0.39, 0.29) is 23.0 Å². The number of rotatable bonds is 6. The summed E-state index contributed by atoms with van der Waals surface area (Å²) in [5.74, 6) is -7.72. The van der Waals surface area contributed by atoms with Crippen LogP contribution >= 0.6 is 0 Å². The van der Waals surface area contributed by atoms with Crippen LogP contribution in [0.25, 0.3) is 0 Å². The Labute approximate surface area is 153 Å². The van der Waals surface area contributed by atoms with Gasteiger partial charge < -0.3 is 10.6 Å². The molecule has 0 aliphatic rings. The Morgan fingerprint density at radius 2 is 1.81 bits per heavy atom. The molecule has 2 heterocycles. The van der Waals surface area contributed by atoms with Crippen LogP contribution in [-0.2, 0) is 16.6 Å². The van der Waals surface area contributed by atoms with E-state index >= 15 is 0 Å². The van der Waals surface area contributed by atoms with Crippen LogP contribution in [0.1, 0.15) is 44.3 Å². The Morgan fingerprint density at radius 3 is 2.37 bits per heavy atom. The van der Waals surface area contributed by atoms with Crippen LogP contribution in [0.3, 0.4) is 0 Å². The lowest BCUT2D eigenvalue weighted by Gasteiger charge is -2.20. The van der Waals surface area contributed by atoms with Crippen LogP contribution in [0.5, 0.6) is 0 Å². The zero-order valence-electron chi connectivity index (χ0n) is 15.2. The number of pyridine rings is 1. The van der Waals surface area contributed by atoms with Crippen LogP contribution in [0.4, 0.5) is 34.9 Å². The lowest BCUT2D eigenvalue weighted by atomic mass is 10.1. The fourth-order valence-corrected chi connectivity index (χ4v) is 2.26. The zero-order valence-corrected chi connectivity index (χ0v) is 15.2. The second-order valence-electron chi connectivity index (χ2n) is 6.09. The molecule has 6 nitrogen and oxygen atoms in total. The quantitative estimate of drug-likeness (QED) is 0.716. The van der Waals surface area contributed by atoms with Crippen molar-refractivity contribution in [1.29, 1.82) is 0 Å². The van der Waals surface area contributed by atoms with E-state index in [2.05, 4.69) is 25.6 Å². The minimum atomic E-state index is -3.29. The number of aryl methyl sites for hydroxylation is 1. The number of halogens is 4. The van der Waals surface area contributed by atoms with Crippen molar-refractivity contribution >= 4 is 23.2 Å². The van der Waals surface area contributed by atoms with Gasteiger partial charge in [-0.15, -0.1) is 0 Å². The molecule has 2 aromatic heterocycles. The maximum Gasteiger partial charge on any atom is 0.303 e. The maximum absolute atomic E-state index is 14.3. The average Bonchev–Trinajstić information content (AvgIpc) is 2.53.